The van der Waals surface area contributed by atoms with E-state index in [1.54, 1.807) is 24.3 Å². The number of rotatable bonds is 7. The number of carbonyl (C=O) groups is 2. The molecule has 0 aliphatic rings. The van der Waals surface area contributed by atoms with Gasteiger partial charge in [0.1, 0.15) is 0 Å². The molecular weight excluding hydrogens is 342 g/mol. The first kappa shape index (κ1) is 18.7. The lowest BCUT2D eigenvalue weighted by atomic mass is 10.2. The lowest BCUT2D eigenvalue weighted by molar-refractivity contribution is -0.113. The monoisotopic (exact) mass is 361 g/mol. The summed E-state index contributed by atoms with van der Waals surface area (Å²) in [4.78, 5) is 42.4. The Morgan fingerprint density at radius 1 is 1.32 bits per heavy atom. The Balaban J connectivity index is 2.02. The molecule has 0 unspecified atom stereocenters. The van der Waals surface area contributed by atoms with Crippen molar-refractivity contribution in [2.45, 2.75) is 24.9 Å². The van der Waals surface area contributed by atoms with Gasteiger partial charge in [0, 0.05) is 11.8 Å². The zero-order chi connectivity index (χ0) is 18.2. The van der Waals surface area contributed by atoms with Crippen LogP contribution in [0, 0.1) is 0 Å². The van der Waals surface area contributed by atoms with Crippen molar-refractivity contribution >= 4 is 29.3 Å². The van der Waals surface area contributed by atoms with Gasteiger partial charge in [0.05, 0.1) is 24.1 Å². The largest absolute Gasteiger partial charge is 0.465 e. The summed E-state index contributed by atoms with van der Waals surface area (Å²) in [6, 6.07) is 8.05. The fraction of sp³-hybridized carbons (Fsp3) is 0.294. The van der Waals surface area contributed by atoms with Crippen LogP contribution in [0.5, 0.6) is 0 Å². The number of nitrogens with one attached hydrogen (secondary N) is 2. The number of aromatic amines is 1. The van der Waals surface area contributed by atoms with Gasteiger partial charge in [0.2, 0.25) is 5.91 Å². The van der Waals surface area contributed by atoms with Crippen molar-refractivity contribution in [2.75, 3.05) is 18.2 Å². The van der Waals surface area contributed by atoms with Crippen molar-refractivity contribution in [3.8, 4) is 0 Å². The second kappa shape index (κ2) is 9.03. The number of esters is 1. The average Bonchev–Trinajstić information content (AvgIpc) is 2.59. The Bertz CT molecular complexity index is 820. The van der Waals surface area contributed by atoms with E-state index in [0.717, 1.165) is 18.2 Å². The van der Waals surface area contributed by atoms with Gasteiger partial charge in [0.15, 0.2) is 5.16 Å². The highest BCUT2D eigenvalue weighted by atomic mass is 32.2. The number of nitrogens with zero attached hydrogens (tertiary/aromatic N) is 1. The first-order valence-electron chi connectivity index (χ1n) is 7.73. The Morgan fingerprint density at radius 3 is 2.80 bits per heavy atom. The topological polar surface area (TPSA) is 101 Å². The summed E-state index contributed by atoms with van der Waals surface area (Å²) in [7, 11) is 1.28. The molecule has 0 saturated carbocycles. The summed E-state index contributed by atoms with van der Waals surface area (Å²) in [6.07, 6.45) is 1.58. The lowest BCUT2D eigenvalue weighted by Crippen LogP contribution is -2.18. The summed E-state index contributed by atoms with van der Waals surface area (Å²) in [6.45, 7) is 2.00. The van der Waals surface area contributed by atoms with Crippen molar-refractivity contribution in [1.29, 1.82) is 0 Å². The molecule has 0 saturated heterocycles. The van der Waals surface area contributed by atoms with E-state index >= 15 is 0 Å². The number of aromatic nitrogens is 2. The van der Waals surface area contributed by atoms with E-state index in [2.05, 4.69) is 15.3 Å². The molecule has 8 heteroatoms. The molecule has 0 radical (unpaired) electrons. The molecule has 1 aromatic heterocycles. The summed E-state index contributed by atoms with van der Waals surface area (Å²) in [5, 5.41) is 3.07. The normalized spacial score (nSPS) is 10.3. The molecular formula is C17H19N3O4S. The van der Waals surface area contributed by atoms with Gasteiger partial charge in [-0.15, -0.1) is 0 Å². The lowest BCUT2D eigenvalue weighted by Gasteiger charge is -2.09. The number of hydrogen-bond acceptors (Lipinski definition) is 6. The Hall–Kier alpha value is -2.61. The molecule has 0 fully saturated rings. The van der Waals surface area contributed by atoms with E-state index < -0.39 is 5.97 Å². The number of aryl methyl sites for hydroxylation is 1. The molecule has 0 spiro atoms. The van der Waals surface area contributed by atoms with Gasteiger partial charge < -0.3 is 15.0 Å². The molecule has 2 rings (SSSR count). The first-order valence-corrected chi connectivity index (χ1v) is 8.72. The molecule has 1 heterocycles. The molecule has 132 valence electrons. The smallest absolute Gasteiger partial charge is 0.339 e. The predicted octanol–water partition coefficient (Wildman–Crippen LogP) is 2.24. The van der Waals surface area contributed by atoms with E-state index in [1.807, 2.05) is 6.92 Å². The average molecular weight is 361 g/mol. The van der Waals surface area contributed by atoms with Crippen LogP contribution in [0.25, 0.3) is 0 Å². The minimum absolute atomic E-state index is 0.0496. The van der Waals surface area contributed by atoms with Crippen LogP contribution in [0.15, 0.2) is 40.3 Å². The molecule has 25 heavy (non-hydrogen) atoms. The molecule has 2 N–H and O–H groups in total. The maximum Gasteiger partial charge on any atom is 0.339 e. The minimum Gasteiger partial charge on any atom is -0.465 e. The Labute approximate surface area is 149 Å². The van der Waals surface area contributed by atoms with E-state index in [0.29, 0.717) is 23.0 Å². The Morgan fingerprint density at radius 2 is 2.08 bits per heavy atom. The van der Waals surface area contributed by atoms with Crippen molar-refractivity contribution in [1.82, 2.24) is 9.97 Å². The van der Waals surface area contributed by atoms with E-state index in [4.69, 9.17) is 4.74 Å². The van der Waals surface area contributed by atoms with Gasteiger partial charge in [0.25, 0.3) is 5.56 Å². The maximum atomic E-state index is 12.1. The zero-order valence-electron chi connectivity index (χ0n) is 14.0. The quantitative estimate of drug-likeness (QED) is 0.446. The summed E-state index contributed by atoms with van der Waals surface area (Å²) < 4.78 is 4.69. The highest BCUT2D eigenvalue weighted by Crippen LogP contribution is 2.18. The van der Waals surface area contributed by atoms with Crippen LogP contribution in [0.4, 0.5) is 5.69 Å². The second-order valence-corrected chi connectivity index (χ2v) is 6.13. The first-order chi connectivity index (χ1) is 12.0. The third-order valence-electron chi connectivity index (χ3n) is 3.23. The summed E-state index contributed by atoms with van der Waals surface area (Å²) >= 11 is 1.13. The van der Waals surface area contributed by atoms with Crippen LogP contribution in [0.1, 0.15) is 29.4 Å². The number of carbonyl (C=O) groups excluding carboxylic acids is 2. The highest BCUT2D eigenvalue weighted by Gasteiger charge is 2.13. The SMILES string of the molecule is CCCc1cc(=O)[nH]c(SCC(=O)Nc2ccccc2C(=O)OC)n1. The van der Waals surface area contributed by atoms with E-state index in [-0.39, 0.29) is 22.8 Å². The number of anilines is 1. The predicted molar refractivity (Wildman–Crippen MR) is 96.0 cm³/mol. The minimum atomic E-state index is -0.526. The molecule has 1 amide bonds. The third kappa shape index (κ3) is 5.46. The summed E-state index contributed by atoms with van der Waals surface area (Å²) in [5.41, 5.74) is 1.11. The van der Waals surface area contributed by atoms with Crippen LogP contribution < -0.4 is 10.9 Å². The molecule has 1 aromatic carbocycles. The van der Waals surface area contributed by atoms with Gasteiger partial charge in [-0.1, -0.05) is 37.2 Å². The maximum absolute atomic E-state index is 12.1. The number of benzene rings is 1. The molecule has 0 bridgehead atoms. The molecule has 0 aliphatic heterocycles. The number of ether oxygens (including phenoxy) is 1. The van der Waals surface area contributed by atoms with Crippen molar-refractivity contribution in [2.24, 2.45) is 0 Å². The molecule has 2 aromatic rings. The van der Waals surface area contributed by atoms with Gasteiger partial charge >= 0.3 is 5.97 Å². The molecule has 7 nitrogen and oxygen atoms in total. The fourth-order valence-corrected chi connectivity index (χ4v) is 2.83. The fourth-order valence-electron chi connectivity index (χ4n) is 2.14. The van der Waals surface area contributed by atoms with Crippen LogP contribution >= 0.6 is 11.8 Å². The zero-order valence-corrected chi connectivity index (χ0v) is 14.8. The van der Waals surface area contributed by atoms with Crippen LogP contribution in [-0.2, 0) is 16.0 Å². The summed E-state index contributed by atoms with van der Waals surface area (Å²) in [5.74, 6) is -0.791. The van der Waals surface area contributed by atoms with Gasteiger partial charge in [-0.25, -0.2) is 9.78 Å². The number of H-pyrrole nitrogens is 1. The Kier molecular flexibility index (Phi) is 6.76. The van der Waals surface area contributed by atoms with Crippen LogP contribution in [0.3, 0.4) is 0 Å². The number of hydrogen-bond donors (Lipinski definition) is 2. The van der Waals surface area contributed by atoms with E-state index in [9.17, 15) is 14.4 Å². The molecule has 0 atom stereocenters. The number of thioether (sulfide) groups is 1. The highest BCUT2D eigenvalue weighted by molar-refractivity contribution is 7.99. The van der Waals surface area contributed by atoms with Crippen molar-refractivity contribution in [3.63, 3.8) is 0 Å². The van der Waals surface area contributed by atoms with Gasteiger partial charge in [-0.05, 0) is 18.6 Å². The van der Waals surface area contributed by atoms with Crippen molar-refractivity contribution < 1.29 is 14.3 Å². The van der Waals surface area contributed by atoms with Gasteiger partial charge in [-0.3, -0.25) is 9.59 Å². The van der Waals surface area contributed by atoms with Crippen molar-refractivity contribution in [3.05, 3.63) is 51.9 Å². The number of para-hydroxylation sites is 1. The second-order valence-electron chi connectivity index (χ2n) is 5.17. The van der Waals surface area contributed by atoms with Crippen LogP contribution in [0.2, 0.25) is 0 Å². The van der Waals surface area contributed by atoms with E-state index in [1.165, 1.54) is 13.2 Å². The van der Waals surface area contributed by atoms with Gasteiger partial charge in [-0.2, -0.15) is 0 Å². The number of amides is 1. The molecule has 0 aliphatic carbocycles. The standard InChI is InChI=1S/C17H19N3O4S/c1-3-6-11-9-14(21)20-17(18-11)25-10-15(22)19-13-8-5-4-7-12(13)16(23)24-2/h4-5,7-9H,3,6,10H2,1-2H3,(H,19,22)(H,18,20,21). The number of methoxy groups -OCH3 is 1. The third-order valence-corrected chi connectivity index (χ3v) is 4.10. The van der Waals surface area contributed by atoms with Crippen LogP contribution in [-0.4, -0.2) is 34.7 Å².